The van der Waals surface area contributed by atoms with Crippen LogP contribution in [0.5, 0.6) is 0 Å². The molecule has 2 aliphatic heterocycles. The number of piperidine rings is 1. The number of rotatable bonds is 6. The molecule has 9 nitrogen and oxygen atoms in total. The first-order chi connectivity index (χ1) is 14.5. The van der Waals surface area contributed by atoms with E-state index in [4.69, 9.17) is 11.5 Å². The van der Waals surface area contributed by atoms with Crippen LogP contribution in [-0.2, 0) is 19.2 Å². The fraction of sp³-hybridized carbons (Fsp3) is 0.826. The molecule has 9 heteroatoms. The Morgan fingerprint density at radius 2 is 1.81 bits per heavy atom. The molecule has 0 aromatic carbocycles. The van der Waals surface area contributed by atoms with Crippen LogP contribution in [0, 0.1) is 28.6 Å². The van der Waals surface area contributed by atoms with Crippen LogP contribution in [0.25, 0.3) is 0 Å². The van der Waals surface area contributed by atoms with Crippen LogP contribution < -0.4 is 22.1 Å². The molecule has 6 atom stereocenters. The van der Waals surface area contributed by atoms with Crippen LogP contribution in [0.15, 0.2) is 0 Å². The molecule has 6 N–H and O–H groups in total. The molecule has 2 unspecified atom stereocenters. The van der Waals surface area contributed by atoms with Gasteiger partial charge in [-0.25, -0.2) is 0 Å². The minimum absolute atomic E-state index is 0.000794. The van der Waals surface area contributed by atoms with E-state index in [1.807, 2.05) is 34.6 Å². The number of nitrogens with one attached hydrogen (secondary N) is 2. The highest BCUT2D eigenvalue weighted by Gasteiger charge is 2.69. The van der Waals surface area contributed by atoms with Crippen molar-refractivity contribution >= 4 is 23.6 Å². The van der Waals surface area contributed by atoms with E-state index >= 15 is 0 Å². The molecular weight excluding hydrogens is 410 g/mol. The van der Waals surface area contributed by atoms with Crippen LogP contribution in [0.1, 0.15) is 61.3 Å². The first-order valence-electron chi connectivity index (χ1n) is 11.4. The van der Waals surface area contributed by atoms with Crippen molar-refractivity contribution in [1.29, 1.82) is 0 Å². The van der Waals surface area contributed by atoms with E-state index in [2.05, 4.69) is 24.5 Å². The number of carbonyl (C=O) groups is 4. The third-order valence-electron chi connectivity index (χ3n) is 7.73. The predicted molar refractivity (Wildman–Crippen MR) is 120 cm³/mol. The molecule has 3 rings (SSSR count). The lowest BCUT2D eigenvalue weighted by atomic mass is 9.86. The van der Waals surface area contributed by atoms with Gasteiger partial charge in [-0.2, -0.15) is 0 Å². The molecule has 32 heavy (non-hydrogen) atoms. The summed E-state index contributed by atoms with van der Waals surface area (Å²) in [4.78, 5) is 52.6. The van der Waals surface area contributed by atoms with Gasteiger partial charge in [0, 0.05) is 18.0 Å². The maximum atomic E-state index is 13.4. The van der Waals surface area contributed by atoms with Crippen molar-refractivity contribution in [2.24, 2.45) is 40.1 Å². The van der Waals surface area contributed by atoms with Crippen molar-refractivity contribution in [2.45, 2.75) is 85.0 Å². The Morgan fingerprint density at radius 1 is 1.22 bits per heavy atom. The number of primary amides is 1. The second kappa shape index (κ2) is 7.71. The minimum atomic E-state index is -0.985. The Hall–Kier alpha value is -2.16. The predicted octanol–water partition coefficient (Wildman–Crippen LogP) is 0.118. The summed E-state index contributed by atoms with van der Waals surface area (Å²) in [7, 11) is 0. The Labute approximate surface area is 190 Å². The second-order valence-electron chi connectivity index (χ2n) is 12.2. The van der Waals surface area contributed by atoms with Crippen molar-refractivity contribution in [2.75, 3.05) is 6.54 Å². The summed E-state index contributed by atoms with van der Waals surface area (Å²) >= 11 is 0. The fourth-order valence-electron chi connectivity index (χ4n) is 5.54. The third-order valence-corrected chi connectivity index (χ3v) is 7.73. The molecule has 3 fully saturated rings. The van der Waals surface area contributed by atoms with Crippen LogP contribution in [0.3, 0.4) is 0 Å². The largest absolute Gasteiger partial charge is 0.368 e. The number of nitrogens with zero attached hydrogens (tertiary/aromatic N) is 1. The summed E-state index contributed by atoms with van der Waals surface area (Å²) in [5.74, 6) is -1.70. The molecule has 1 saturated carbocycles. The van der Waals surface area contributed by atoms with Gasteiger partial charge in [0.25, 0.3) is 0 Å². The molecule has 0 bridgehead atoms. The molecule has 3 aliphatic rings. The Bertz CT molecular complexity index is 831. The van der Waals surface area contributed by atoms with Crippen LogP contribution in [-0.4, -0.2) is 58.7 Å². The van der Waals surface area contributed by atoms with E-state index in [1.165, 1.54) is 0 Å². The lowest BCUT2D eigenvalue weighted by molar-refractivity contribution is -0.143. The van der Waals surface area contributed by atoms with Gasteiger partial charge < -0.3 is 27.0 Å². The average molecular weight is 450 g/mol. The van der Waals surface area contributed by atoms with Gasteiger partial charge in [0.15, 0.2) is 0 Å². The van der Waals surface area contributed by atoms with Crippen molar-refractivity contribution in [1.82, 2.24) is 15.5 Å². The van der Waals surface area contributed by atoms with E-state index in [9.17, 15) is 19.2 Å². The highest BCUT2D eigenvalue weighted by Crippen LogP contribution is 2.65. The van der Waals surface area contributed by atoms with Gasteiger partial charge in [0.1, 0.15) is 12.1 Å². The van der Waals surface area contributed by atoms with E-state index in [1.54, 1.807) is 4.90 Å². The molecule has 0 aromatic heterocycles. The molecule has 1 aliphatic carbocycles. The highest BCUT2D eigenvalue weighted by atomic mass is 16.2. The fourth-order valence-corrected chi connectivity index (χ4v) is 5.54. The number of likely N-dealkylation sites (tertiary alicyclic amines) is 1. The number of fused-ring (bicyclic) bond motifs is 1. The summed E-state index contributed by atoms with van der Waals surface area (Å²) < 4.78 is 0. The Balaban J connectivity index is 1.77. The number of hydrogen-bond acceptors (Lipinski definition) is 5. The number of hydrogen-bond donors (Lipinski definition) is 4. The van der Waals surface area contributed by atoms with Gasteiger partial charge in [-0.3, -0.25) is 19.2 Å². The van der Waals surface area contributed by atoms with E-state index < -0.39 is 41.3 Å². The summed E-state index contributed by atoms with van der Waals surface area (Å²) in [5.41, 5.74) is 10.9. The normalized spacial score (nSPS) is 32.0. The summed E-state index contributed by atoms with van der Waals surface area (Å²) in [5, 5.41) is 5.66. The molecule has 2 heterocycles. The summed E-state index contributed by atoms with van der Waals surface area (Å²) in [6.45, 7) is 14.2. The number of carbonyl (C=O) groups excluding carboxylic acids is 4. The van der Waals surface area contributed by atoms with Crippen molar-refractivity contribution in [3.8, 4) is 0 Å². The smallest absolute Gasteiger partial charge is 0.243 e. The zero-order chi connectivity index (χ0) is 24.4. The second-order valence-corrected chi connectivity index (χ2v) is 12.2. The van der Waals surface area contributed by atoms with Gasteiger partial charge in [-0.05, 0) is 49.4 Å². The first kappa shape index (κ1) is 24.5. The molecule has 0 radical (unpaired) electrons. The maximum absolute atomic E-state index is 13.4. The van der Waals surface area contributed by atoms with Crippen molar-refractivity contribution < 1.29 is 19.2 Å². The number of amides is 4. The van der Waals surface area contributed by atoms with Crippen LogP contribution in [0.4, 0.5) is 0 Å². The molecule has 4 amide bonds. The van der Waals surface area contributed by atoms with Crippen LogP contribution >= 0.6 is 0 Å². The van der Waals surface area contributed by atoms with Crippen LogP contribution in [0.2, 0.25) is 0 Å². The topological polar surface area (TPSA) is 148 Å². The average Bonchev–Trinajstić information content (AvgIpc) is 2.96. The van der Waals surface area contributed by atoms with Gasteiger partial charge in [-0.1, -0.05) is 34.6 Å². The minimum Gasteiger partial charge on any atom is -0.368 e. The maximum Gasteiger partial charge on any atom is 0.243 e. The van der Waals surface area contributed by atoms with Gasteiger partial charge >= 0.3 is 0 Å². The van der Waals surface area contributed by atoms with Gasteiger partial charge in [-0.15, -0.1) is 0 Å². The highest BCUT2D eigenvalue weighted by molar-refractivity contribution is 5.94. The Morgan fingerprint density at radius 3 is 2.28 bits per heavy atom. The molecule has 0 spiro atoms. The zero-order valence-electron chi connectivity index (χ0n) is 20.3. The van der Waals surface area contributed by atoms with E-state index in [0.29, 0.717) is 13.0 Å². The molecule has 0 aromatic rings. The monoisotopic (exact) mass is 449 g/mol. The Kier molecular flexibility index (Phi) is 5.90. The van der Waals surface area contributed by atoms with Gasteiger partial charge in [0.05, 0.1) is 6.04 Å². The molecule has 2 saturated heterocycles. The summed E-state index contributed by atoms with van der Waals surface area (Å²) in [6.07, 6.45) is 0.688. The van der Waals surface area contributed by atoms with Crippen molar-refractivity contribution in [3.63, 3.8) is 0 Å². The van der Waals surface area contributed by atoms with Gasteiger partial charge in [0.2, 0.25) is 23.6 Å². The van der Waals surface area contributed by atoms with Crippen molar-refractivity contribution in [3.05, 3.63) is 0 Å². The summed E-state index contributed by atoms with van der Waals surface area (Å²) in [6, 6.07) is -2.43. The lowest BCUT2D eigenvalue weighted by Crippen LogP contribution is -2.59. The quantitative estimate of drug-likeness (QED) is 0.455. The SMILES string of the molecule is CC1(C)C[C@@H](CC(NC(=O)[C@@H]2[C@@H]3[C@H](CN2C(=O)C(N)C(C)(C)C)C3(C)C)C(N)=O)C(=O)N1. The molecular formula is C23H39N5O4. The third kappa shape index (κ3) is 4.36. The van der Waals surface area contributed by atoms with E-state index in [-0.39, 0.29) is 41.0 Å². The van der Waals surface area contributed by atoms with E-state index in [0.717, 1.165) is 0 Å². The number of nitrogens with two attached hydrogens (primary N) is 2. The standard InChI is InChI=1S/C23H39N5O4/c1-21(2,3)16(24)20(32)28-10-12-14(23(12,6)7)15(28)19(31)26-13(17(25)29)8-11-9-22(4,5)27-18(11)30/h11-16H,8-10,24H2,1-7H3,(H2,25,29)(H,26,31)(H,27,30)/t11-,12+,13?,14+,15+,16?/m1/s1. The zero-order valence-corrected chi connectivity index (χ0v) is 20.3. The lowest BCUT2D eigenvalue weighted by Gasteiger charge is -2.36. The first-order valence-corrected chi connectivity index (χ1v) is 11.4. The molecule has 180 valence electrons.